The Kier molecular flexibility index (Phi) is 2.70. The normalized spacial score (nSPS) is 11.4. The van der Waals surface area contributed by atoms with E-state index in [1.165, 1.54) is 6.26 Å². The summed E-state index contributed by atoms with van der Waals surface area (Å²) in [5.41, 5.74) is 0. The number of thioether (sulfide) groups is 1. The Hall–Kier alpha value is 0.170. The zero-order chi connectivity index (χ0) is 6.78. The third-order valence-corrected chi connectivity index (χ3v) is 2.41. The lowest BCUT2D eigenvalue weighted by molar-refractivity contribution is -0.306. The first kappa shape index (κ1) is 8.17. The first-order valence-corrected chi connectivity index (χ1v) is 4.36. The fourth-order valence-corrected chi connectivity index (χ4v) is 1.01. The van der Waals surface area contributed by atoms with Crippen LogP contribution in [0.2, 0.25) is 0 Å². The van der Waals surface area contributed by atoms with Crippen LogP contribution in [-0.2, 0) is 4.57 Å². The Balaban J connectivity index is 4.04. The van der Waals surface area contributed by atoms with Crippen LogP contribution in [0.25, 0.3) is 0 Å². The fraction of sp³-hybridized carbons (Fsp3) is 0.500. The molecule has 0 aliphatic carbocycles. The molecule has 0 saturated heterocycles. The van der Waals surface area contributed by atoms with E-state index in [0.717, 1.165) is 0 Å². The highest BCUT2D eigenvalue weighted by Crippen LogP contribution is 2.31. The topological polar surface area (TPSA) is 80.3 Å². The van der Waals surface area contributed by atoms with Gasteiger partial charge < -0.3 is 14.4 Å². The summed E-state index contributed by atoms with van der Waals surface area (Å²) in [4.78, 5) is 27.9. The quantitative estimate of drug-likeness (QED) is 0.470. The number of rotatable bonds is 1. The molecule has 48 valence electrons. The molecule has 0 radical (unpaired) electrons. The van der Waals surface area contributed by atoms with Gasteiger partial charge in [0.25, 0.3) is 0 Å². The van der Waals surface area contributed by atoms with Crippen molar-refractivity contribution in [3.63, 3.8) is 0 Å². The van der Waals surface area contributed by atoms with Crippen LogP contribution < -0.4 is 9.79 Å². The lowest BCUT2D eigenvalue weighted by atomic mass is 11.8. The van der Waals surface area contributed by atoms with Gasteiger partial charge in [0, 0.05) is 7.60 Å². The van der Waals surface area contributed by atoms with Crippen molar-refractivity contribution < 1.29 is 19.1 Å². The molecule has 4 nitrogen and oxygen atoms in total. The van der Waals surface area contributed by atoms with E-state index < -0.39 is 12.5 Å². The maximum Gasteiger partial charge on any atom is 0.218 e. The highest BCUT2D eigenvalue weighted by Gasteiger charge is 2.01. The van der Waals surface area contributed by atoms with Crippen LogP contribution >= 0.6 is 19.4 Å². The smallest absolute Gasteiger partial charge is 0.218 e. The zero-order valence-electron chi connectivity index (χ0n) is 3.99. The van der Waals surface area contributed by atoms with Crippen molar-refractivity contribution in [2.75, 3.05) is 6.26 Å². The van der Waals surface area contributed by atoms with Gasteiger partial charge in [0.05, 0.1) is 0 Å². The van der Waals surface area contributed by atoms with Crippen molar-refractivity contribution in [1.29, 1.82) is 0 Å². The van der Waals surface area contributed by atoms with Crippen LogP contribution in [0.15, 0.2) is 0 Å². The summed E-state index contributed by atoms with van der Waals surface area (Å²) in [7, 11) is -4.93. The Morgan fingerprint density at radius 2 is 2.00 bits per heavy atom. The predicted octanol–water partition coefficient (Wildman–Crippen LogP) is -0.617. The van der Waals surface area contributed by atoms with Gasteiger partial charge >= 0.3 is 0 Å². The van der Waals surface area contributed by atoms with Crippen molar-refractivity contribution in [2.24, 2.45) is 0 Å². The molecule has 0 saturated carbocycles. The van der Waals surface area contributed by atoms with Gasteiger partial charge in [0.1, 0.15) is 0 Å². The zero-order valence-corrected chi connectivity index (χ0v) is 5.70. The molecule has 0 amide bonds. The molecule has 8 heavy (non-hydrogen) atoms. The van der Waals surface area contributed by atoms with Crippen LogP contribution in [0.1, 0.15) is 0 Å². The van der Waals surface area contributed by atoms with Crippen LogP contribution in [0, 0.1) is 0 Å². The highest BCUT2D eigenvalue weighted by atomic mass is 32.2. The van der Waals surface area contributed by atoms with Crippen LogP contribution in [0.3, 0.4) is 0 Å². The minimum absolute atomic E-state index is 0.405. The van der Waals surface area contributed by atoms with Gasteiger partial charge in [-0.15, -0.1) is 0 Å². The molecule has 0 heterocycles. The van der Waals surface area contributed by atoms with E-state index in [-0.39, 0.29) is 0 Å². The van der Waals surface area contributed by atoms with Crippen LogP contribution in [0.4, 0.5) is 4.79 Å². The van der Waals surface area contributed by atoms with Gasteiger partial charge in [0.2, 0.25) is 4.86 Å². The number of hydrogen-bond donors (Lipinski definition) is 0. The van der Waals surface area contributed by atoms with Gasteiger partial charge in [0.15, 0.2) is 0 Å². The number of carbonyl (C=O) groups is 1. The van der Waals surface area contributed by atoms with Gasteiger partial charge in [-0.25, -0.2) is 0 Å². The lowest BCUT2D eigenvalue weighted by Gasteiger charge is -2.25. The monoisotopic (exact) mass is 154 g/mol. The Morgan fingerprint density at radius 1 is 1.62 bits per heavy atom. The van der Waals surface area contributed by atoms with Gasteiger partial charge in [-0.3, -0.25) is 4.79 Å². The first-order chi connectivity index (χ1) is 3.48. The van der Waals surface area contributed by atoms with E-state index in [1.807, 2.05) is 0 Å². The maximum atomic E-state index is 9.91. The van der Waals surface area contributed by atoms with E-state index in [4.69, 9.17) is 0 Å². The van der Waals surface area contributed by atoms with Crippen molar-refractivity contribution in [3.8, 4) is 0 Å². The molecule has 0 aliphatic rings. The van der Waals surface area contributed by atoms with Crippen molar-refractivity contribution in [3.05, 3.63) is 0 Å². The second kappa shape index (κ2) is 2.64. The molecule has 0 aromatic carbocycles. The maximum absolute atomic E-state index is 9.91. The van der Waals surface area contributed by atoms with Gasteiger partial charge in [-0.1, -0.05) is 11.8 Å². The van der Waals surface area contributed by atoms with Crippen molar-refractivity contribution >= 4 is 24.2 Å². The third kappa shape index (κ3) is 2.47. The largest absolute Gasteiger partial charge is 0.805 e. The fourth-order valence-electron chi connectivity index (χ4n) is 0.112. The van der Waals surface area contributed by atoms with Crippen LogP contribution in [-0.4, -0.2) is 11.1 Å². The molecule has 0 spiro atoms. The average molecular weight is 154 g/mol. The second-order valence-corrected chi connectivity index (χ2v) is 3.45. The minimum Gasteiger partial charge on any atom is -0.805 e. The molecule has 0 N–H and O–H groups in total. The molecular weight excluding hydrogens is 151 g/mol. The molecule has 0 atom stereocenters. The minimum atomic E-state index is -4.93. The van der Waals surface area contributed by atoms with E-state index in [0.29, 0.717) is 11.8 Å². The van der Waals surface area contributed by atoms with Gasteiger partial charge in [-0.05, 0) is 6.26 Å². The Labute approximate surface area is 50.4 Å². The predicted molar refractivity (Wildman–Crippen MR) is 26.5 cm³/mol. The molecule has 0 aromatic heterocycles. The second-order valence-electron chi connectivity index (χ2n) is 0.967. The van der Waals surface area contributed by atoms with Crippen molar-refractivity contribution in [1.82, 2.24) is 0 Å². The van der Waals surface area contributed by atoms with Crippen LogP contribution in [0.5, 0.6) is 0 Å². The summed E-state index contributed by atoms with van der Waals surface area (Å²) in [6.45, 7) is 0. The summed E-state index contributed by atoms with van der Waals surface area (Å²) < 4.78 is 9.66. The number of hydrogen-bond acceptors (Lipinski definition) is 5. The molecule has 0 aliphatic heterocycles. The van der Waals surface area contributed by atoms with E-state index in [2.05, 4.69) is 0 Å². The Bertz CT molecular complexity index is 137. The summed E-state index contributed by atoms with van der Waals surface area (Å²) in [6.07, 6.45) is 1.24. The standard InChI is InChI=1S/C2H5O4PS/c1-8-2(3)7(4,5)6/h1H3,(H2,4,5,6)/p-2. The summed E-state index contributed by atoms with van der Waals surface area (Å²) in [5, 5.41) is 0. The Morgan fingerprint density at radius 3 is 2.00 bits per heavy atom. The molecule has 0 rings (SSSR count). The van der Waals surface area contributed by atoms with Crippen molar-refractivity contribution in [2.45, 2.75) is 0 Å². The molecular formula is C2H3O4PS-2. The average Bonchev–Trinajstić information content (AvgIpc) is 1.62. The van der Waals surface area contributed by atoms with E-state index >= 15 is 0 Å². The number of carbonyl (C=O) groups excluding carboxylic acids is 1. The summed E-state index contributed by atoms with van der Waals surface area (Å²) >= 11 is 0.405. The molecule has 6 heteroatoms. The SMILES string of the molecule is CSC(=O)P(=O)([O-])[O-]. The first-order valence-electron chi connectivity index (χ1n) is 1.59. The third-order valence-electron chi connectivity index (χ3n) is 0.398. The summed E-state index contributed by atoms with van der Waals surface area (Å²) in [5.74, 6) is 0. The van der Waals surface area contributed by atoms with E-state index in [9.17, 15) is 19.1 Å². The highest BCUT2D eigenvalue weighted by molar-refractivity contribution is 8.24. The molecule has 0 unspecified atom stereocenters. The molecule has 0 bridgehead atoms. The summed E-state index contributed by atoms with van der Waals surface area (Å²) in [6, 6.07) is 0. The van der Waals surface area contributed by atoms with Gasteiger partial charge in [-0.2, -0.15) is 0 Å². The molecule has 0 aromatic rings. The molecule has 0 fully saturated rings. The lowest BCUT2D eigenvalue weighted by Crippen LogP contribution is -2.18. The van der Waals surface area contributed by atoms with E-state index in [1.54, 1.807) is 0 Å².